The lowest BCUT2D eigenvalue weighted by Crippen LogP contribution is -2.10. The summed E-state index contributed by atoms with van der Waals surface area (Å²) in [6, 6.07) is 0. The van der Waals surface area contributed by atoms with Crippen LogP contribution in [0.2, 0.25) is 0 Å². The Balaban J connectivity index is 3.43. The zero-order valence-corrected chi connectivity index (χ0v) is 6.94. The summed E-state index contributed by atoms with van der Waals surface area (Å²) in [6.07, 6.45) is 3.44. The lowest BCUT2D eigenvalue weighted by atomic mass is 10.2. The van der Waals surface area contributed by atoms with E-state index in [1.165, 1.54) is 12.0 Å². The molecular formula is C8H17N. The third-order valence-corrected chi connectivity index (χ3v) is 1.36. The molecule has 0 rings (SSSR count). The monoisotopic (exact) mass is 127 g/mol. The van der Waals surface area contributed by atoms with Crippen molar-refractivity contribution in [2.45, 2.75) is 20.3 Å². The molecule has 0 unspecified atom stereocenters. The summed E-state index contributed by atoms with van der Waals surface area (Å²) in [6.45, 7) is 5.42. The Morgan fingerprint density at radius 3 is 2.33 bits per heavy atom. The maximum atomic E-state index is 2.26. The summed E-state index contributed by atoms with van der Waals surface area (Å²) < 4.78 is 0. The van der Waals surface area contributed by atoms with Crippen LogP contribution in [-0.2, 0) is 0 Å². The number of likely N-dealkylation sites (N-methyl/N-ethyl adjacent to an activating group) is 1. The molecule has 0 aromatic carbocycles. The van der Waals surface area contributed by atoms with Gasteiger partial charge in [-0.05, 0) is 27.4 Å². The molecule has 0 spiro atoms. The van der Waals surface area contributed by atoms with Crippen LogP contribution in [0.5, 0.6) is 0 Å². The van der Waals surface area contributed by atoms with Crippen molar-refractivity contribution in [2.75, 3.05) is 20.6 Å². The van der Waals surface area contributed by atoms with Crippen molar-refractivity contribution >= 4 is 0 Å². The van der Waals surface area contributed by atoms with Gasteiger partial charge >= 0.3 is 0 Å². The molecule has 0 amide bonds. The van der Waals surface area contributed by atoms with Gasteiger partial charge in [0.2, 0.25) is 0 Å². The zero-order valence-electron chi connectivity index (χ0n) is 6.94. The van der Waals surface area contributed by atoms with Crippen LogP contribution in [0.1, 0.15) is 20.3 Å². The van der Waals surface area contributed by atoms with Crippen LogP contribution in [-0.4, -0.2) is 25.5 Å². The number of allylic oxidation sites excluding steroid dienone is 1. The van der Waals surface area contributed by atoms with Crippen molar-refractivity contribution in [3.8, 4) is 0 Å². The maximum absolute atomic E-state index is 2.26. The van der Waals surface area contributed by atoms with E-state index in [1.807, 2.05) is 0 Å². The summed E-state index contributed by atoms with van der Waals surface area (Å²) in [5.74, 6) is 0. The smallest absolute Gasteiger partial charge is 0.0159 e. The first-order valence-electron chi connectivity index (χ1n) is 3.47. The van der Waals surface area contributed by atoms with Crippen molar-refractivity contribution in [1.29, 1.82) is 0 Å². The molecule has 0 heterocycles. The quantitative estimate of drug-likeness (QED) is 0.523. The zero-order chi connectivity index (χ0) is 7.28. The molecule has 0 aliphatic heterocycles. The molecule has 0 bridgehead atoms. The number of hydrogen-bond donors (Lipinski definition) is 0. The molecule has 1 nitrogen and oxygen atoms in total. The van der Waals surface area contributed by atoms with Gasteiger partial charge in [0.05, 0.1) is 0 Å². The standard InChI is InChI=1S/C8H17N/c1-5-8(2)6-7-9(3)4/h6H,5,7H2,1-4H3/b8-6+. The van der Waals surface area contributed by atoms with E-state index >= 15 is 0 Å². The van der Waals surface area contributed by atoms with E-state index in [4.69, 9.17) is 0 Å². The molecule has 0 saturated carbocycles. The summed E-state index contributed by atoms with van der Waals surface area (Å²) >= 11 is 0. The van der Waals surface area contributed by atoms with Crippen LogP contribution in [0.15, 0.2) is 11.6 Å². The fourth-order valence-electron chi connectivity index (χ4n) is 0.483. The van der Waals surface area contributed by atoms with E-state index in [1.54, 1.807) is 0 Å². The first kappa shape index (κ1) is 8.70. The van der Waals surface area contributed by atoms with Crippen LogP contribution in [0.3, 0.4) is 0 Å². The third-order valence-electron chi connectivity index (χ3n) is 1.36. The summed E-state index contributed by atoms with van der Waals surface area (Å²) in [4.78, 5) is 2.17. The van der Waals surface area contributed by atoms with Crippen LogP contribution in [0.25, 0.3) is 0 Å². The van der Waals surface area contributed by atoms with E-state index in [9.17, 15) is 0 Å². The van der Waals surface area contributed by atoms with E-state index in [-0.39, 0.29) is 0 Å². The molecule has 54 valence electrons. The molecule has 0 saturated heterocycles. The third kappa shape index (κ3) is 5.57. The van der Waals surface area contributed by atoms with Crippen molar-refractivity contribution in [3.05, 3.63) is 11.6 Å². The van der Waals surface area contributed by atoms with Crippen molar-refractivity contribution in [2.24, 2.45) is 0 Å². The summed E-state index contributed by atoms with van der Waals surface area (Å²) in [7, 11) is 4.17. The largest absolute Gasteiger partial charge is 0.306 e. The Labute approximate surface area is 58.4 Å². The Morgan fingerprint density at radius 2 is 2.00 bits per heavy atom. The van der Waals surface area contributed by atoms with Crippen molar-refractivity contribution in [1.82, 2.24) is 4.90 Å². The summed E-state index contributed by atoms with van der Waals surface area (Å²) in [5.41, 5.74) is 1.48. The van der Waals surface area contributed by atoms with Gasteiger partial charge in [-0.25, -0.2) is 0 Å². The second kappa shape index (κ2) is 4.57. The van der Waals surface area contributed by atoms with Gasteiger partial charge in [-0.3, -0.25) is 0 Å². The van der Waals surface area contributed by atoms with Gasteiger partial charge in [0.25, 0.3) is 0 Å². The molecule has 0 radical (unpaired) electrons. The number of nitrogens with zero attached hydrogens (tertiary/aromatic N) is 1. The SMILES string of the molecule is CC/C(C)=C/CN(C)C. The van der Waals surface area contributed by atoms with Gasteiger partial charge in [0.15, 0.2) is 0 Å². The van der Waals surface area contributed by atoms with Gasteiger partial charge in [-0.2, -0.15) is 0 Å². The highest BCUT2D eigenvalue weighted by molar-refractivity contribution is 4.97. The molecule has 0 fully saturated rings. The fourth-order valence-corrected chi connectivity index (χ4v) is 0.483. The topological polar surface area (TPSA) is 3.24 Å². The van der Waals surface area contributed by atoms with Crippen molar-refractivity contribution < 1.29 is 0 Å². The molecule has 1 heteroatoms. The first-order valence-corrected chi connectivity index (χ1v) is 3.47. The normalized spacial score (nSPS) is 12.8. The lowest BCUT2D eigenvalue weighted by Gasteiger charge is -2.04. The van der Waals surface area contributed by atoms with Crippen molar-refractivity contribution in [3.63, 3.8) is 0 Å². The van der Waals surface area contributed by atoms with E-state index < -0.39 is 0 Å². The van der Waals surface area contributed by atoms with Gasteiger partial charge in [-0.15, -0.1) is 0 Å². The highest BCUT2D eigenvalue weighted by Crippen LogP contribution is 1.96. The van der Waals surface area contributed by atoms with Gasteiger partial charge in [0, 0.05) is 6.54 Å². The lowest BCUT2D eigenvalue weighted by molar-refractivity contribution is 0.455. The predicted molar refractivity (Wildman–Crippen MR) is 42.6 cm³/mol. The Kier molecular flexibility index (Phi) is 4.41. The van der Waals surface area contributed by atoms with E-state index in [0.717, 1.165) is 6.54 Å². The second-order valence-electron chi connectivity index (χ2n) is 2.67. The van der Waals surface area contributed by atoms with E-state index in [0.29, 0.717) is 0 Å². The Morgan fingerprint density at radius 1 is 1.44 bits per heavy atom. The molecule has 0 aromatic heterocycles. The van der Waals surface area contributed by atoms with Gasteiger partial charge in [-0.1, -0.05) is 18.6 Å². The van der Waals surface area contributed by atoms with Gasteiger partial charge in [0.1, 0.15) is 0 Å². The number of rotatable bonds is 3. The molecular weight excluding hydrogens is 110 g/mol. The molecule has 0 aliphatic rings. The predicted octanol–water partition coefficient (Wildman–Crippen LogP) is 1.90. The van der Waals surface area contributed by atoms with E-state index in [2.05, 4.69) is 38.9 Å². The first-order chi connectivity index (χ1) is 4.16. The Bertz CT molecular complexity index is 92.7. The minimum atomic E-state index is 1.07. The molecule has 9 heavy (non-hydrogen) atoms. The van der Waals surface area contributed by atoms with Crippen LogP contribution in [0.4, 0.5) is 0 Å². The summed E-state index contributed by atoms with van der Waals surface area (Å²) in [5, 5.41) is 0. The second-order valence-corrected chi connectivity index (χ2v) is 2.67. The number of hydrogen-bond acceptors (Lipinski definition) is 1. The van der Waals surface area contributed by atoms with Crippen LogP contribution < -0.4 is 0 Å². The average molecular weight is 127 g/mol. The van der Waals surface area contributed by atoms with Gasteiger partial charge < -0.3 is 4.90 Å². The molecule has 0 aliphatic carbocycles. The fraction of sp³-hybridized carbons (Fsp3) is 0.750. The molecule has 0 aromatic rings. The Hall–Kier alpha value is -0.300. The molecule has 0 atom stereocenters. The van der Waals surface area contributed by atoms with Crippen LogP contribution in [0, 0.1) is 0 Å². The average Bonchev–Trinajstić information content (AvgIpc) is 1.83. The van der Waals surface area contributed by atoms with Crippen LogP contribution >= 0.6 is 0 Å². The maximum Gasteiger partial charge on any atom is 0.0159 e. The highest BCUT2D eigenvalue weighted by atomic mass is 15.0. The highest BCUT2D eigenvalue weighted by Gasteiger charge is 1.84. The minimum Gasteiger partial charge on any atom is -0.306 e. The molecule has 0 N–H and O–H groups in total. The minimum absolute atomic E-state index is 1.07.